The molecule has 0 atom stereocenters. The normalized spacial score (nSPS) is 10.1. The monoisotopic (exact) mass is 252 g/mol. The molecule has 0 aliphatic rings. The molecule has 0 saturated carbocycles. The molecule has 3 nitrogen and oxygen atoms in total. The van der Waals surface area contributed by atoms with E-state index in [1.807, 2.05) is 25.1 Å². The van der Waals surface area contributed by atoms with Crippen LogP contribution in [0.5, 0.6) is 0 Å². The number of hydrogen-bond acceptors (Lipinski definition) is 3. The number of anilines is 1. The van der Waals surface area contributed by atoms with E-state index in [-0.39, 0.29) is 5.91 Å². The van der Waals surface area contributed by atoms with Gasteiger partial charge in [0, 0.05) is 10.4 Å². The van der Waals surface area contributed by atoms with E-state index in [9.17, 15) is 4.79 Å². The van der Waals surface area contributed by atoms with E-state index in [1.165, 1.54) is 11.3 Å². The van der Waals surface area contributed by atoms with E-state index in [0.717, 1.165) is 4.88 Å². The van der Waals surface area contributed by atoms with Crippen molar-refractivity contribution in [3.63, 3.8) is 0 Å². The van der Waals surface area contributed by atoms with Gasteiger partial charge in [0.05, 0.1) is 0 Å². The molecule has 0 saturated heterocycles. The Morgan fingerprint density at radius 3 is 2.62 bits per heavy atom. The Morgan fingerprint density at radius 1 is 1.38 bits per heavy atom. The molecular formula is C11H9ClN2OS. The molecule has 82 valence electrons. The number of hydrogen-bond donors (Lipinski definition) is 1. The van der Waals surface area contributed by atoms with Crippen molar-refractivity contribution in [1.82, 2.24) is 4.98 Å². The molecule has 2 rings (SSSR count). The minimum Gasteiger partial charge on any atom is -0.298 e. The summed E-state index contributed by atoms with van der Waals surface area (Å²) in [6.07, 6.45) is 0. The largest absolute Gasteiger partial charge is 0.298 e. The lowest BCUT2D eigenvalue weighted by atomic mass is 10.2. The predicted octanol–water partition coefficient (Wildman–Crippen LogP) is 3.36. The highest BCUT2D eigenvalue weighted by atomic mass is 35.5. The third-order valence-electron chi connectivity index (χ3n) is 2.00. The van der Waals surface area contributed by atoms with Gasteiger partial charge in [-0.05, 0) is 19.1 Å². The van der Waals surface area contributed by atoms with Gasteiger partial charge < -0.3 is 0 Å². The van der Waals surface area contributed by atoms with Crippen molar-refractivity contribution in [2.24, 2.45) is 0 Å². The van der Waals surface area contributed by atoms with E-state index < -0.39 is 0 Å². The third-order valence-corrected chi connectivity index (χ3v) is 3.36. The number of nitrogens with one attached hydrogen (secondary N) is 1. The average molecular weight is 253 g/mol. The van der Waals surface area contributed by atoms with E-state index in [2.05, 4.69) is 10.3 Å². The molecule has 2 aromatic rings. The van der Waals surface area contributed by atoms with E-state index in [0.29, 0.717) is 15.8 Å². The highest BCUT2D eigenvalue weighted by molar-refractivity contribution is 7.16. The molecule has 1 aromatic heterocycles. The topological polar surface area (TPSA) is 42.0 Å². The van der Waals surface area contributed by atoms with Crippen LogP contribution in [0.25, 0.3) is 0 Å². The first kappa shape index (κ1) is 11.1. The maximum Gasteiger partial charge on any atom is 0.257 e. The Kier molecular flexibility index (Phi) is 3.22. The van der Waals surface area contributed by atoms with Crippen LogP contribution in [0.1, 0.15) is 15.2 Å². The Morgan fingerprint density at radius 2 is 2.06 bits per heavy atom. The summed E-state index contributed by atoms with van der Waals surface area (Å²) in [5.41, 5.74) is 0.603. The fraction of sp³-hybridized carbons (Fsp3) is 0.0909. The first-order valence-corrected chi connectivity index (χ1v) is 5.85. The number of aromatic nitrogens is 1. The zero-order valence-electron chi connectivity index (χ0n) is 8.53. The summed E-state index contributed by atoms with van der Waals surface area (Å²) >= 11 is 7.17. The van der Waals surface area contributed by atoms with Crippen molar-refractivity contribution in [1.29, 1.82) is 0 Å². The summed E-state index contributed by atoms with van der Waals surface area (Å²) in [6, 6.07) is 8.99. The average Bonchev–Trinajstić information content (AvgIpc) is 2.59. The summed E-state index contributed by atoms with van der Waals surface area (Å²) in [5.74, 6) is -0.175. The van der Waals surface area contributed by atoms with Gasteiger partial charge in [0.2, 0.25) is 0 Å². The number of aryl methyl sites for hydroxylation is 1. The second-order valence-corrected chi connectivity index (χ2v) is 4.75. The number of thiazole rings is 1. The van der Waals surface area contributed by atoms with Crippen molar-refractivity contribution in [3.05, 3.63) is 45.9 Å². The predicted molar refractivity (Wildman–Crippen MR) is 66.3 cm³/mol. The van der Waals surface area contributed by atoms with Crippen molar-refractivity contribution in [2.45, 2.75) is 6.92 Å². The minimum absolute atomic E-state index is 0.175. The first-order chi connectivity index (χ1) is 7.66. The van der Waals surface area contributed by atoms with Crippen LogP contribution in [0, 0.1) is 6.92 Å². The van der Waals surface area contributed by atoms with Crippen LogP contribution < -0.4 is 5.32 Å². The number of halogens is 1. The molecule has 0 bridgehead atoms. The summed E-state index contributed by atoms with van der Waals surface area (Å²) in [7, 11) is 0. The van der Waals surface area contributed by atoms with Gasteiger partial charge in [-0.3, -0.25) is 10.1 Å². The van der Waals surface area contributed by atoms with E-state index >= 15 is 0 Å². The first-order valence-electron chi connectivity index (χ1n) is 4.66. The Bertz CT molecular complexity index is 490. The van der Waals surface area contributed by atoms with E-state index in [4.69, 9.17) is 11.6 Å². The molecule has 0 radical (unpaired) electrons. The zero-order chi connectivity index (χ0) is 11.5. The molecule has 1 amide bonds. The second-order valence-electron chi connectivity index (χ2n) is 3.19. The van der Waals surface area contributed by atoms with Gasteiger partial charge in [0.15, 0.2) is 5.13 Å². The van der Waals surface area contributed by atoms with Gasteiger partial charge in [-0.15, -0.1) is 11.3 Å². The molecule has 0 unspecified atom stereocenters. The van der Waals surface area contributed by atoms with Crippen LogP contribution in [0.2, 0.25) is 5.15 Å². The molecule has 1 N–H and O–H groups in total. The molecule has 5 heteroatoms. The molecule has 0 aliphatic carbocycles. The minimum atomic E-state index is -0.175. The van der Waals surface area contributed by atoms with Gasteiger partial charge in [0.25, 0.3) is 5.91 Å². The number of carbonyl (C=O) groups excluding carboxylic acids is 1. The number of benzene rings is 1. The number of rotatable bonds is 2. The van der Waals surface area contributed by atoms with Crippen molar-refractivity contribution in [3.8, 4) is 0 Å². The number of nitrogens with zero attached hydrogens (tertiary/aromatic N) is 1. The molecule has 0 spiro atoms. The number of amides is 1. The lowest BCUT2D eigenvalue weighted by Crippen LogP contribution is -2.11. The van der Waals surface area contributed by atoms with Crippen molar-refractivity contribution < 1.29 is 4.79 Å². The molecule has 16 heavy (non-hydrogen) atoms. The smallest absolute Gasteiger partial charge is 0.257 e. The summed E-state index contributed by atoms with van der Waals surface area (Å²) in [6.45, 7) is 1.86. The highest BCUT2D eigenvalue weighted by Gasteiger charge is 2.09. The van der Waals surface area contributed by atoms with E-state index in [1.54, 1.807) is 12.1 Å². The fourth-order valence-corrected chi connectivity index (χ4v) is 2.14. The quantitative estimate of drug-likeness (QED) is 0.891. The van der Waals surface area contributed by atoms with Crippen molar-refractivity contribution >= 4 is 34.0 Å². The maximum absolute atomic E-state index is 11.7. The molecule has 0 aliphatic heterocycles. The second kappa shape index (κ2) is 4.63. The van der Waals surface area contributed by atoms with Crippen LogP contribution in [0.4, 0.5) is 5.13 Å². The lowest BCUT2D eigenvalue weighted by Gasteiger charge is -2.00. The lowest BCUT2D eigenvalue weighted by molar-refractivity contribution is 0.102. The van der Waals surface area contributed by atoms with Crippen LogP contribution >= 0.6 is 22.9 Å². The van der Waals surface area contributed by atoms with Crippen molar-refractivity contribution in [2.75, 3.05) is 5.32 Å². The standard InChI is InChI=1S/C11H9ClN2OS/c1-7-9(12)13-11(16-7)14-10(15)8-5-3-2-4-6-8/h2-6H,1H3,(H,13,14,15). The maximum atomic E-state index is 11.7. The van der Waals surface area contributed by atoms with Gasteiger partial charge in [-0.2, -0.15) is 0 Å². The summed E-state index contributed by atoms with van der Waals surface area (Å²) in [4.78, 5) is 16.7. The number of carbonyl (C=O) groups is 1. The highest BCUT2D eigenvalue weighted by Crippen LogP contribution is 2.25. The Hall–Kier alpha value is -1.39. The SMILES string of the molecule is Cc1sc(NC(=O)c2ccccc2)nc1Cl. The van der Waals surface area contributed by atoms with Gasteiger partial charge >= 0.3 is 0 Å². The molecular weight excluding hydrogens is 244 g/mol. The molecule has 0 fully saturated rings. The third kappa shape index (κ3) is 2.40. The Labute approximate surface area is 102 Å². The summed E-state index contributed by atoms with van der Waals surface area (Å²) in [5, 5.41) is 3.67. The van der Waals surface area contributed by atoms with Crippen LogP contribution in [-0.4, -0.2) is 10.9 Å². The van der Waals surface area contributed by atoms with Crippen LogP contribution in [-0.2, 0) is 0 Å². The van der Waals surface area contributed by atoms with Gasteiger partial charge in [0.1, 0.15) is 5.15 Å². The molecule has 1 aromatic carbocycles. The Balaban J connectivity index is 2.14. The zero-order valence-corrected chi connectivity index (χ0v) is 10.1. The fourth-order valence-electron chi connectivity index (χ4n) is 1.19. The van der Waals surface area contributed by atoms with Crippen LogP contribution in [0.3, 0.4) is 0 Å². The summed E-state index contributed by atoms with van der Waals surface area (Å²) < 4.78 is 0. The van der Waals surface area contributed by atoms with Gasteiger partial charge in [-0.1, -0.05) is 29.8 Å². The van der Waals surface area contributed by atoms with Crippen LogP contribution in [0.15, 0.2) is 30.3 Å². The molecule has 1 heterocycles. The van der Waals surface area contributed by atoms with Gasteiger partial charge in [-0.25, -0.2) is 4.98 Å².